The van der Waals surface area contributed by atoms with E-state index in [9.17, 15) is 8.60 Å². The fraction of sp³-hybridized carbons (Fsp3) is 0.400. The molecule has 0 heterocycles. The van der Waals surface area contributed by atoms with E-state index in [-0.39, 0.29) is 5.82 Å². The summed E-state index contributed by atoms with van der Waals surface area (Å²) in [7, 11) is -0.836. The zero-order valence-electron chi connectivity index (χ0n) is 8.34. The van der Waals surface area contributed by atoms with Crippen LogP contribution in [0.4, 0.5) is 10.1 Å². The van der Waals surface area contributed by atoms with Crippen LogP contribution in [0.3, 0.4) is 0 Å². The van der Waals surface area contributed by atoms with Crippen molar-refractivity contribution in [1.29, 1.82) is 0 Å². The van der Waals surface area contributed by atoms with Crippen LogP contribution in [0.1, 0.15) is 5.56 Å². The molecule has 0 bridgehead atoms. The third-order valence-corrected chi connectivity index (χ3v) is 2.61. The molecule has 1 atom stereocenters. The van der Waals surface area contributed by atoms with Crippen LogP contribution in [0, 0.1) is 12.7 Å². The van der Waals surface area contributed by atoms with E-state index in [1.807, 2.05) is 6.92 Å². The Morgan fingerprint density at radius 1 is 1.50 bits per heavy atom. The van der Waals surface area contributed by atoms with E-state index < -0.39 is 10.8 Å². The van der Waals surface area contributed by atoms with Gasteiger partial charge in [-0.3, -0.25) is 4.21 Å². The molecule has 1 aromatic carbocycles. The lowest BCUT2D eigenvalue weighted by molar-refractivity contribution is 0.630. The van der Waals surface area contributed by atoms with Gasteiger partial charge in [0.2, 0.25) is 0 Å². The van der Waals surface area contributed by atoms with E-state index in [2.05, 4.69) is 5.32 Å². The molecule has 4 heteroatoms. The van der Waals surface area contributed by atoms with Gasteiger partial charge in [-0.25, -0.2) is 4.39 Å². The van der Waals surface area contributed by atoms with Crippen LogP contribution in [0.2, 0.25) is 0 Å². The van der Waals surface area contributed by atoms with Crippen molar-refractivity contribution in [3.63, 3.8) is 0 Å². The Labute approximate surface area is 86.0 Å². The number of nitrogens with one attached hydrogen (secondary N) is 1. The van der Waals surface area contributed by atoms with Crippen LogP contribution >= 0.6 is 0 Å². The molecule has 0 aliphatic carbocycles. The van der Waals surface area contributed by atoms with E-state index >= 15 is 0 Å². The zero-order valence-corrected chi connectivity index (χ0v) is 9.16. The molecule has 0 aliphatic heterocycles. The van der Waals surface area contributed by atoms with Crippen LogP contribution in [0.25, 0.3) is 0 Å². The fourth-order valence-electron chi connectivity index (χ4n) is 1.10. The molecule has 2 nitrogen and oxygen atoms in total. The Morgan fingerprint density at radius 2 is 2.21 bits per heavy atom. The Bertz CT molecular complexity index is 341. The van der Waals surface area contributed by atoms with Crippen molar-refractivity contribution in [2.24, 2.45) is 0 Å². The lowest BCUT2D eigenvalue weighted by Gasteiger charge is -2.07. The number of aryl methyl sites for hydroxylation is 1. The van der Waals surface area contributed by atoms with Crippen LogP contribution in [-0.2, 0) is 10.8 Å². The number of hydrogen-bond acceptors (Lipinski definition) is 2. The van der Waals surface area contributed by atoms with Crippen molar-refractivity contribution in [1.82, 2.24) is 0 Å². The van der Waals surface area contributed by atoms with Crippen LogP contribution in [0.5, 0.6) is 0 Å². The van der Waals surface area contributed by atoms with Crippen molar-refractivity contribution in [2.45, 2.75) is 6.92 Å². The van der Waals surface area contributed by atoms with Gasteiger partial charge in [0.25, 0.3) is 0 Å². The second-order valence-corrected chi connectivity index (χ2v) is 4.74. The minimum Gasteiger partial charge on any atom is -0.382 e. The summed E-state index contributed by atoms with van der Waals surface area (Å²) in [5.41, 5.74) is 1.49. The summed E-state index contributed by atoms with van der Waals surface area (Å²) in [5, 5.41) is 2.92. The van der Waals surface area contributed by atoms with Gasteiger partial charge in [0.05, 0.1) is 5.69 Å². The molecule has 1 N–H and O–H groups in total. The monoisotopic (exact) mass is 215 g/mol. The average Bonchev–Trinajstić information content (AvgIpc) is 2.10. The van der Waals surface area contributed by atoms with E-state index in [1.54, 1.807) is 18.4 Å². The average molecular weight is 215 g/mol. The summed E-state index contributed by atoms with van der Waals surface area (Å²) in [6, 6.07) is 4.90. The molecule has 1 rings (SSSR count). The topological polar surface area (TPSA) is 29.1 Å². The number of benzene rings is 1. The van der Waals surface area contributed by atoms with Crippen molar-refractivity contribution in [2.75, 3.05) is 23.9 Å². The molecule has 0 amide bonds. The maximum atomic E-state index is 13.2. The third kappa shape index (κ3) is 3.46. The predicted octanol–water partition coefficient (Wildman–Crippen LogP) is 1.92. The van der Waals surface area contributed by atoms with Crippen LogP contribution in [0.15, 0.2) is 18.2 Å². The highest BCUT2D eigenvalue weighted by atomic mass is 32.2. The third-order valence-electron chi connectivity index (χ3n) is 1.83. The van der Waals surface area contributed by atoms with Crippen LogP contribution in [-0.4, -0.2) is 22.8 Å². The van der Waals surface area contributed by atoms with Crippen molar-refractivity contribution in [3.05, 3.63) is 29.6 Å². The maximum Gasteiger partial charge on any atom is 0.146 e. The number of hydrogen-bond donors (Lipinski definition) is 1. The first-order valence-electron chi connectivity index (χ1n) is 4.39. The first-order chi connectivity index (χ1) is 6.59. The lowest BCUT2D eigenvalue weighted by Crippen LogP contribution is -2.10. The second kappa shape index (κ2) is 5.10. The van der Waals surface area contributed by atoms with E-state index in [1.165, 1.54) is 6.07 Å². The van der Waals surface area contributed by atoms with Gasteiger partial charge < -0.3 is 5.32 Å². The Morgan fingerprint density at radius 3 is 2.86 bits per heavy atom. The molecule has 1 aromatic rings. The van der Waals surface area contributed by atoms with Gasteiger partial charge in [-0.2, -0.15) is 0 Å². The van der Waals surface area contributed by atoms with Gasteiger partial charge in [0.1, 0.15) is 5.82 Å². The standard InChI is InChI=1S/C10H14FNOS/c1-8-3-4-9(11)10(7-8)12-5-6-14(2)13/h3-4,7,12H,5-6H2,1-2H3. The summed E-state index contributed by atoms with van der Waals surface area (Å²) >= 11 is 0. The molecule has 0 aliphatic rings. The van der Waals surface area contributed by atoms with E-state index in [4.69, 9.17) is 0 Å². The summed E-state index contributed by atoms with van der Waals surface area (Å²) in [4.78, 5) is 0. The molecule has 14 heavy (non-hydrogen) atoms. The predicted molar refractivity (Wildman–Crippen MR) is 58.6 cm³/mol. The van der Waals surface area contributed by atoms with Crippen molar-refractivity contribution >= 4 is 16.5 Å². The summed E-state index contributed by atoms with van der Waals surface area (Å²) < 4.78 is 23.9. The van der Waals surface area contributed by atoms with Gasteiger partial charge in [0.15, 0.2) is 0 Å². The van der Waals surface area contributed by atoms with Gasteiger partial charge in [-0.1, -0.05) is 6.07 Å². The molecule has 0 saturated carbocycles. The summed E-state index contributed by atoms with van der Waals surface area (Å²) in [6.45, 7) is 2.44. The fourth-order valence-corrected chi connectivity index (χ4v) is 1.49. The van der Waals surface area contributed by atoms with Gasteiger partial charge in [-0.05, 0) is 24.6 Å². The number of anilines is 1. The Hall–Kier alpha value is -0.900. The zero-order chi connectivity index (χ0) is 10.6. The van der Waals surface area contributed by atoms with Gasteiger partial charge in [0, 0.05) is 29.4 Å². The Balaban J connectivity index is 2.57. The molecular weight excluding hydrogens is 201 g/mol. The summed E-state index contributed by atoms with van der Waals surface area (Å²) in [5.74, 6) is 0.269. The lowest BCUT2D eigenvalue weighted by atomic mass is 10.2. The van der Waals surface area contributed by atoms with Gasteiger partial charge in [-0.15, -0.1) is 0 Å². The largest absolute Gasteiger partial charge is 0.382 e. The summed E-state index contributed by atoms with van der Waals surface area (Å²) in [6.07, 6.45) is 1.63. The second-order valence-electron chi connectivity index (χ2n) is 3.19. The maximum absolute atomic E-state index is 13.2. The smallest absolute Gasteiger partial charge is 0.146 e. The van der Waals surface area contributed by atoms with E-state index in [0.29, 0.717) is 18.0 Å². The van der Waals surface area contributed by atoms with Crippen molar-refractivity contribution < 1.29 is 8.60 Å². The number of halogens is 1. The molecule has 0 radical (unpaired) electrons. The van der Waals surface area contributed by atoms with E-state index in [0.717, 1.165) is 5.56 Å². The molecular formula is C10H14FNOS. The molecule has 0 aromatic heterocycles. The molecule has 0 spiro atoms. The normalized spacial score (nSPS) is 12.5. The number of rotatable bonds is 4. The van der Waals surface area contributed by atoms with Crippen LogP contribution < -0.4 is 5.32 Å². The Kier molecular flexibility index (Phi) is 4.07. The molecule has 0 fully saturated rings. The first-order valence-corrected chi connectivity index (χ1v) is 6.12. The molecule has 78 valence electrons. The molecule has 0 saturated heterocycles. The first kappa shape index (κ1) is 11.2. The SMILES string of the molecule is Cc1ccc(F)c(NCCS(C)=O)c1. The van der Waals surface area contributed by atoms with Crippen molar-refractivity contribution in [3.8, 4) is 0 Å². The van der Waals surface area contributed by atoms with Gasteiger partial charge >= 0.3 is 0 Å². The quantitative estimate of drug-likeness (QED) is 0.831. The molecule has 1 unspecified atom stereocenters. The minimum absolute atomic E-state index is 0.266. The minimum atomic E-state index is -0.836. The highest BCUT2D eigenvalue weighted by molar-refractivity contribution is 7.84. The highest BCUT2D eigenvalue weighted by Gasteiger charge is 2.01. The highest BCUT2D eigenvalue weighted by Crippen LogP contribution is 2.14.